The Morgan fingerprint density at radius 1 is 1.52 bits per heavy atom. The minimum absolute atomic E-state index is 0.00475. The van der Waals surface area contributed by atoms with Crippen molar-refractivity contribution in [3.05, 3.63) is 16.1 Å². The topological polar surface area (TPSA) is 54.5 Å². The van der Waals surface area contributed by atoms with Gasteiger partial charge in [0.25, 0.3) is 5.91 Å². The molecule has 1 atom stereocenters. The molecule has 2 aliphatic rings. The van der Waals surface area contributed by atoms with Gasteiger partial charge in [-0.1, -0.05) is 0 Å². The number of nitrogens with one attached hydrogen (secondary N) is 1. The van der Waals surface area contributed by atoms with E-state index in [-0.39, 0.29) is 11.4 Å². The van der Waals surface area contributed by atoms with Crippen molar-refractivity contribution in [2.75, 3.05) is 44.4 Å². The summed E-state index contributed by atoms with van der Waals surface area (Å²) < 4.78 is 5.46. The lowest BCUT2D eigenvalue weighted by Gasteiger charge is -2.43. The maximum Gasteiger partial charge on any atom is 0.263 e. The van der Waals surface area contributed by atoms with Gasteiger partial charge in [0.2, 0.25) is 0 Å². The van der Waals surface area contributed by atoms with Gasteiger partial charge in [-0.15, -0.1) is 11.3 Å². The highest BCUT2D eigenvalue weighted by molar-refractivity contribution is 7.99. The van der Waals surface area contributed by atoms with Crippen molar-refractivity contribution in [1.82, 2.24) is 15.2 Å². The van der Waals surface area contributed by atoms with E-state index in [0.29, 0.717) is 4.88 Å². The van der Waals surface area contributed by atoms with E-state index in [9.17, 15) is 4.79 Å². The molecule has 1 amide bonds. The number of aromatic nitrogens is 1. The Hall–Kier alpha value is -0.630. The first-order valence-corrected chi connectivity index (χ1v) is 9.28. The molecule has 3 heterocycles. The van der Waals surface area contributed by atoms with Crippen LogP contribution < -0.4 is 5.32 Å². The molecule has 0 aromatic carbocycles. The Kier molecular flexibility index (Phi) is 4.83. The number of morpholine rings is 1. The predicted molar refractivity (Wildman–Crippen MR) is 86.2 cm³/mol. The van der Waals surface area contributed by atoms with Crippen LogP contribution in [0, 0.1) is 6.92 Å². The molecule has 2 saturated heterocycles. The molecule has 0 aliphatic carbocycles. The van der Waals surface area contributed by atoms with Gasteiger partial charge in [-0.05, 0) is 19.1 Å². The van der Waals surface area contributed by atoms with Crippen LogP contribution in [-0.2, 0) is 4.74 Å². The van der Waals surface area contributed by atoms with Gasteiger partial charge in [0.1, 0.15) is 4.88 Å². The molecule has 0 spiro atoms. The summed E-state index contributed by atoms with van der Waals surface area (Å²) in [5, 5.41) is 4.06. The number of hydrogen-bond donors (Lipinski definition) is 1. The molecule has 1 aromatic rings. The van der Waals surface area contributed by atoms with Crippen LogP contribution in [-0.4, -0.2) is 65.7 Å². The zero-order chi connectivity index (χ0) is 14.7. The average molecular weight is 327 g/mol. The first-order valence-electron chi connectivity index (χ1n) is 7.31. The van der Waals surface area contributed by atoms with Crippen molar-refractivity contribution in [2.24, 2.45) is 0 Å². The number of nitrogens with zero attached hydrogens (tertiary/aromatic N) is 2. The summed E-state index contributed by atoms with van der Waals surface area (Å²) in [4.78, 5) is 19.6. The van der Waals surface area contributed by atoms with Crippen molar-refractivity contribution < 1.29 is 9.53 Å². The third kappa shape index (κ3) is 3.41. The lowest BCUT2D eigenvalue weighted by molar-refractivity contribution is -0.0129. The molecule has 0 saturated carbocycles. The van der Waals surface area contributed by atoms with Gasteiger partial charge in [0.15, 0.2) is 0 Å². The van der Waals surface area contributed by atoms with Crippen molar-refractivity contribution in [1.29, 1.82) is 0 Å². The number of thiazole rings is 1. The van der Waals surface area contributed by atoms with Crippen molar-refractivity contribution in [3.63, 3.8) is 0 Å². The summed E-state index contributed by atoms with van der Waals surface area (Å²) in [6.45, 7) is 6.18. The fourth-order valence-corrected chi connectivity index (χ4v) is 5.10. The smallest absolute Gasteiger partial charge is 0.263 e. The van der Waals surface area contributed by atoms with Gasteiger partial charge in [-0.3, -0.25) is 9.69 Å². The zero-order valence-corrected chi connectivity index (χ0v) is 13.9. The van der Waals surface area contributed by atoms with Crippen molar-refractivity contribution in [3.8, 4) is 0 Å². The maximum atomic E-state index is 12.2. The lowest BCUT2D eigenvalue weighted by Crippen LogP contribution is -2.59. The lowest BCUT2D eigenvalue weighted by atomic mass is 9.95. The third-order valence-corrected chi connectivity index (χ3v) is 6.33. The van der Waals surface area contributed by atoms with Crippen LogP contribution in [0.25, 0.3) is 0 Å². The molecule has 2 fully saturated rings. The van der Waals surface area contributed by atoms with Crippen LogP contribution in [0.15, 0.2) is 6.20 Å². The van der Waals surface area contributed by atoms with E-state index in [4.69, 9.17) is 4.74 Å². The second-order valence-electron chi connectivity index (χ2n) is 5.55. The minimum Gasteiger partial charge on any atom is -0.379 e. The molecule has 1 aromatic heterocycles. The summed E-state index contributed by atoms with van der Waals surface area (Å²) in [5.74, 6) is 2.27. The normalized spacial score (nSPS) is 26.9. The molecule has 0 unspecified atom stereocenters. The summed E-state index contributed by atoms with van der Waals surface area (Å²) in [6, 6.07) is 0. The SMILES string of the molecule is Cc1ncc(C(=O)NC[C@@]2(N3CCOCC3)CCSC2)s1. The molecular formula is C14H21N3O2S2. The van der Waals surface area contributed by atoms with Gasteiger partial charge < -0.3 is 10.1 Å². The average Bonchev–Trinajstić information content (AvgIpc) is 3.16. The first kappa shape index (κ1) is 15.3. The first-order chi connectivity index (χ1) is 10.2. The van der Waals surface area contributed by atoms with E-state index in [0.717, 1.165) is 50.0 Å². The number of hydrogen-bond acceptors (Lipinski definition) is 6. The van der Waals surface area contributed by atoms with E-state index in [1.54, 1.807) is 6.20 Å². The molecule has 3 rings (SSSR count). The van der Waals surface area contributed by atoms with Gasteiger partial charge in [-0.25, -0.2) is 4.98 Å². The second kappa shape index (κ2) is 6.64. The predicted octanol–water partition coefficient (Wildman–Crippen LogP) is 1.39. The molecule has 21 heavy (non-hydrogen) atoms. The number of amides is 1. The quantitative estimate of drug-likeness (QED) is 0.906. The van der Waals surface area contributed by atoms with Crippen LogP contribution in [0.1, 0.15) is 21.1 Å². The zero-order valence-electron chi connectivity index (χ0n) is 12.3. The second-order valence-corrected chi connectivity index (χ2v) is 7.89. The Balaban J connectivity index is 1.64. The van der Waals surface area contributed by atoms with Crippen LogP contribution in [0.4, 0.5) is 0 Å². The maximum absolute atomic E-state index is 12.2. The van der Waals surface area contributed by atoms with Crippen LogP contribution in [0.3, 0.4) is 0 Å². The van der Waals surface area contributed by atoms with E-state index < -0.39 is 0 Å². The molecular weight excluding hydrogens is 306 g/mol. The number of thioether (sulfide) groups is 1. The van der Waals surface area contributed by atoms with Crippen LogP contribution in [0.5, 0.6) is 0 Å². The van der Waals surface area contributed by atoms with Crippen LogP contribution >= 0.6 is 23.1 Å². The Morgan fingerprint density at radius 2 is 2.33 bits per heavy atom. The highest BCUT2D eigenvalue weighted by Crippen LogP contribution is 2.33. The van der Waals surface area contributed by atoms with Gasteiger partial charge >= 0.3 is 0 Å². The number of rotatable bonds is 4. The van der Waals surface area contributed by atoms with Crippen molar-refractivity contribution >= 4 is 29.0 Å². The Bertz CT molecular complexity index is 494. The fraction of sp³-hybridized carbons (Fsp3) is 0.714. The number of carbonyl (C=O) groups excluding carboxylic acids is 1. The van der Waals surface area contributed by atoms with Gasteiger partial charge in [-0.2, -0.15) is 11.8 Å². The molecule has 0 bridgehead atoms. The Labute approximate surface area is 133 Å². The summed E-state index contributed by atoms with van der Waals surface area (Å²) >= 11 is 3.43. The van der Waals surface area contributed by atoms with E-state index in [1.807, 2.05) is 18.7 Å². The minimum atomic E-state index is 0.00475. The molecule has 0 radical (unpaired) electrons. The standard InChI is InChI=1S/C14H21N3O2S2/c1-11-15-8-12(21-11)13(18)16-9-14(2-7-20-10-14)17-3-5-19-6-4-17/h8H,2-7,9-10H2,1H3,(H,16,18)/t14-/m0/s1. The van der Waals surface area contributed by atoms with Gasteiger partial charge in [0.05, 0.1) is 24.4 Å². The van der Waals surface area contributed by atoms with E-state index in [2.05, 4.69) is 15.2 Å². The van der Waals surface area contributed by atoms with E-state index in [1.165, 1.54) is 17.1 Å². The molecule has 2 aliphatic heterocycles. The van der Waals surface area contributed by atoms with Gasteiger partial charge in [0, 0.05) is 30.9 Å². The highest BCUT2D eigenvalue weighted by Gasteiger charge is 2.40. The fourth-order valence-electron chi connectivity index (χ4n) is 2.93. The number of carbonyl (C=O) groups is 1. The largest absolute Gasteiger partial charge is 0.379 e. The highest BCUT2D eigenvalue weighted by atomic mass is 32.2. The molecule has 1 N–H and O–H groups in total. The summed E-state index contributed by atoms with van der Waals surface area (Å²) in [6.07, 6.45) is 2.81. The Morgan fingerprint density at radius 3 is 2.95 bits per heavy atom. The number of ether oxygens (including phenoxy) is 1. The summed E-state index contributed by atoms with van der Waals surface area (Å²) in [7, 11) is 0. The summed E-state index contributed by atoms with van der Waals surface area (Å²) in [5.41, 5.74) is 0.101. The monoisotopic (exact) mass is 327 g/mol. The van der Waals surface area contributed by atoms with Crippen molar-refractivity contribution in [2.45, 2.75) is 18.9 Å². The third-order valence-electron chi connectivity index (χ3n) is 4.19. The van der Waals surface area contributed by atoms with Crippen LogP contribution in [0.2, 0.25) is 0 Å². The number of aryl methyl sites for hydroxylation is 1. The van der Waals surface area contributed by atoms with E-state index >= 15 is 0 Å². The molecule has 116 valence electrons. The molecule has 5 nitrogen and oxygen atoms in total. The molecule has 7 heteroatoms.